The van der Waals surface area contributed by atoms with Gasteiger partial charge in [0.1, 0.15) is 6.04 Å². The van der Waals surface area contributed by atoms with E-state index < -0.39 is 23.9 Å². The van der Waals surface area contributed by atoms with Gasteiger partial charge in [0.05, 0.1) is 6.42 Å². The van der Waals surface area contributed by atoms with Gasteiger partial charge in [0, 0.05) is 66.6 Å². The molecule has 33 heavy (non-hydrogen) atoms. The van der Waals surface area contributed by atoms with Crippen LogP contribution in [0, 0.1) is 0 Å². The molecule has 1 saturated heterocycles. The molecule has 0 saturated carbocycles. The molecule has 1 amide bonds. The van der Waals surface area contributed by atoms with Crippen molar-refractivity contribution in [3.8, 4) is 0 Å². The number of fused-ring (bicyclic) bond motifs is 1. The number of aromatic amines is 1. The summed E-state index contributed by atoms with van der Waals surface area (Å²) in [6.45, 7) is 2.65. The molecule has 2 heterocycles. The second-order valence-electron chi connectivity index (χ2n) is 8.05. The van der Waals surface area contributed by atoms with Crippen molar-refractivity contribution in [1.29, 1.82) is 0 Å². The minimum absolute atomic E-state index is 0.128. The first-order chi connectivity index (χ1) is 15.9. The number of para-hydroxylation sites is 1. The summed E-state index contributed by atoms with van der Waals surface area (Å²) in [7, 11) is 0. The van der Waals surface area contributed by atoms with E-state index in [9.17, 15) is 19.5 Å². The molecule has 0 radical (unpaired) electrons. The number of rotatable bonds is 8. The van der Waals surface area contributed by atoms with Crippen LogP contribution in [0.4, 0.5) is 11.4 Å². The van der Waals surface area contributed by atoms with Gasteiger partial charge in [0.25, 0.3) is 0 Å². The van der Waals surface area contributed by atoms with E-state index in [4.69, 9.17) is 5.11 Å². The maximum absolute atomic E-state index is 12.3. The van der Waals surface area contributed by atoms with Crippen LogP contribution in [0.25, 0.3) is 10.9 Å². The number of carbonyl (C=O) groups excluding carboxylic acids is 1. The molecule has 9 nitrogen and oxygen atoms in total. The molecule has 1 aliphatic rings. The van der Waals surface area contributed by atoms with Crippen molar-refractivity contribution in [2.45, 2.75) is 18.9 Å². The number of piperazine rings is 1. The molecule has 1 atom stereocenters. The third-order valence-electron chi connectivity index (χ3n) is 5.89. The average Bonchev–Trinajstić information content (AvgIpc) is 3.21. The lowest BCUT2D eigenvalue weighted by Gasteiger charge is -2.38. The Bertz CT molecular complexity index is 1150. The lowest BCUT2D eigenvalue weighted by Crippen LogP contribution is -2.49. The highest BCUT2D eigenvalue weighted by Gasteiger charge is 2.32. The van der Waals surface area contributed by atoms with Gasteiger partial charge in [-0.3, -0.25) is 19.3 Å². The molecule has 1 aromatic heterocycles. The van der Waals surface area contributed by atoms with Crippen molar-refractivity contribution in [2.75, 3.05) is 36.4 Å². The fourth-order valence-corrected chi connectivity index (χ4v) is 4.25. The average molecular weight is 450 g/mol. The summed E-state index contributed by atoms with van der Waals surface area (Å²) >= 11 is 0. The number of hydrogen-bond donors (Lipinski definition) is 4. The number of aromatic nitrogens is 1. The van der Waals surface area contributed by atoms with Crippen LogP contribution in [0.2, 0.25) is 0 Å². The van der Waals surface area contributed by atoms with Gasteiger partial charge in [-0.25, -0.2) is 0 Å². The Kier molecular flexibility index (Phi) is 6.60. The minimum atomic E-state index is -1.04. The molecule has 172 valence electrons. The molecular formula is C24H26N4O5. The molecular weight excluding hydrogens is 424 g/mol. The highest BCUT2D eigenvalue weighted by molar-refractivity contribution is 5.96. The van der Waals surface area contributed by atoms with E-state index in [2.05, 4.69) is 27.3 Å². The smallest absolute Gasteiger partial charge is 0.325 e. The number of carboxylic acids is 2. The summed E-state index contributed by atoms with van der Waals surface area (Å²) in [6.07, 6.45) is 1.33. The molecule has 1 fully saturated rings. The number of aliphatic carboxylic acids is 2. The van der Waals surface area contributed by atoms with Crippen LogP contribution >= 0.6 is 0 Å². The standard InChI is InChI=1S/C24H26N4O5/c29-21(8-9-22(30)31)26-16-6-7-20-18(14-16)19(15-25-20)23(24(32)33)28-12-10-27(11-13-28)17-4-2-1-3-5-17/h1-7,14-15,23,25H,8-13H2,(H,26,29)(H,30,31)(H,32,33). The van der Waals surface area contributed by atoms with Crippen molar-refractivity contribution in [3.05, 3.63) is 60.3 Å². The molecule has 0 aliphatic carbocycles. The Morgan fingerprint density at radius 2 is 1.70 bits per heavy atom. The van der Waals surface area contributed by atoms with Gasteiger partial charge in [-0.05, 0) is 30.3 Å². The fourth-order valence-electron chi connectivity index (χ4n) is 4.25. The van der Waals surface area contributed by atoms with E-state index in [1.54, 1.807) is 24.4 Å². The monoisotopic (exact) mass is 450 g/mol. The number of amides is 1. The van der Waals surface area contributed by atoms with Gasteiger partial charge < -0.3 is 25.4 Å². The summed E-state index contributed by atoms with van der Waals surface area (Å²) < 4.78 is 0. The molecule has 4 N–H and O–H groups in total. The quantitative estimate of drug-likeness (QED) is 0.416. The molecule has 3 aromatic rings. The summed E-state index contributed by atoms with van der Waals surface area (Å²) in [5, 5.41) is 22.2. The number of anilines is 2. The predicted molar refractivity (Wildman–Crippen MR) is 124 cm³/mol. The molecule has 9 heteroatoms. The van der Waals surface area contributed by atoms with Gasteiger partial charge >= 0.3 is 11.9 Å². The normalized spacial score (nSPS) is 15.3. The number of carbonyl (C=O) groups is 3. The SMILES string of the molecule is O=C(O)CCC(=O)Nc1ccc2[nH]cc(C(C(=O)O)N3CCN(c4ccccc4)CC3)c2c1. The predicted octanol–water partition coefficient (Wildman–Crippen LogP) is 2.92. The molecule has 2 aromatic carbocycles. The van der Waals surface area contributed by atoms with E-state index in [0.717, 1.165) is 24.3 Å². The molecule has 0 bridgehead atoms. The lowest BCUT2D eigenvalue weighted by atomic mass is 10.0. The van der Waals surface area contributed by atoms with Crippen LogP contribution in [-0.4, -0.2) is 64.1 Å². The lowest BCUT2D eigenvalue weighted by molar-refractivity contribution is -0.143. The van der Waals surface area contributed by atoms with E-state index in [0.29, 0.717) is 29.7 Å². The van der Waals surface area contributed by atoms with E-state index >= 15 is 0 Å². The molecule has 1 unspecified atom stereocenters. The Hall–Kier alpha value is -3.85. The number of hydrogen-bond acceptors (Lipinski definition) is 5. The highest BCUT2D eigenvalue weighted by atomic mass is 16.4. The molecule has 1 aliphatic heterocycles. The Labute approximate surface area is 190 Å². The van der Waals surface area contributed by atoms with Crippen LogP contribution in [0.3, 0.4) is 0 Å². The van der Waals surface area contributed by atoms with Gasteiger partial charge in [-0.2, -0.15) is 0 Å². The van der Waals surface area contributed by atoms with Gasteiger partial charge in [0.15, 0.2) is 0 Å². The van der Waals surface area contributed by atoms with Crippen LogP contribution in [0.5, 0.6) is 0 Å². The van der Waals surface area contributed by atoms with Crippen molar-refractivity contribution in [1.82, 2.24) is 9.88 Å². The summed E-state index contributed by atoms with van der Waals surface area (Å²) in [5.41, 5.74) is 3.02. The van der Waals surface area contributed by atoms with Crippen LogP contribution < -0.4 is 10.2 Å². The van der Waals surface area contributed by atoms with Gasteiger partial charge in [-0.1, -0.05) is 18.2 Å². The van der Waals surface area contributed by atoms with Crippen molar-refractivity contribution in [3.63, 3.8) is 0 Å². The van der Waals surface area contributed by atoms with Crippen LogP contribution in [0.1, 0.15) is 24.4 Å². The van der Waals surface area contributed by atoms with Crippen molar-refractivity contribution in [2.24, 2.45) is 0 Å². The van der Waals surface area contributed by atoms with Crippen LogP contribution in [0.15, 0.2) is 54.7 Å². The second-order valence-corrected chi connectivity index (χ2v) is 8.05. The maximum Gasteiger partial charge on any atom is 0.325 e. The summed E-state index contributed by atoms with van der Waals surface area (Å²) in [5.74, 6) is -2.37. The minimum Gasteiger partial charge on any atom is -0.481 e. The first kappa shape index (κ1) is 22.3. The second kappa shape index (κ2) is 9.74. The zero-order valence-corrected chi connectivity index (χ0v) is 18.0. The molecule has 0 spiro atoms. The van der Waals surface area contributed by atoms with E-state index in [1.807, 2.05) is 23.1 Å². The zero-order chi connectivity index (χ0) is 23.4. The largest absolute Gasteiger partial charge is 0.481 e. The number of nitrogens with one attached hydrogen (secondary N) is 2. The Morgan fingerprint density at radius 3 is 2.36 bits per heavy atom. The van der Waals surface area contributed by atoms with E-state index in [-0.39, 0.29) is 12.8 Å². The van der Waals surface area contributed by atoms with Gasteiger partial charge in [-0.15, -0.1) is 0 Å². The first-order valence-electron chi connectivity index (χ1n) is 10.8. The number of carboxylic acid groups (broad SMARTS) is 2. The highest BCUT2D eigenvalue weighted by Crippen LogP contribution is 2.32. The molecule has 4 rings (SSSR count). The topological polar surface area (TPSA) is 126 Å². The zero-order valence-electron chi connectivity index (χ0n) is 18.0. The third kappa shape index (κ3) is 5.15. The Balaban J connectivity index is 1.52. The van der Waals surface area contributed by atoms with Gasteiger partial charge in [0.2, 0.25) is 5.91 Å². The fraction of sp³-hybridized carbons (Fsp3) is 0.292. The summed E-state index contributed by atoms with van der Waals surface area (Å²) in [4.78, 5) is 42.4. The number of H-pyrrole nitrogens is 1. The summed E-state index contributed by atoms with van der Waals surface area (Å²) in [6, 6.07) is 14.4. The third-order valence-corrected chi connectivity index (χ3v) is 5.89. The maximum atomic E-state index is 12.3. The van der Waals surface area contributed by atoms with E-state index in [1.165, 1.54) is 0 Å². The number of nitrogens with zero attached hydrogens (tertiary/aromatic N) is 2. The van der Waals surface area contributed by atoms with Crippen molar-refractivity contribution < 1.29 is 24.6 Å². The Morgan fingerprint density at radius 1 is 0.970 bits per heavy atom. The first-order valence-corrected chi connectivity index (χ1v) is 10.8. The number of benzene rings is 2. The van der Waals surface area contributed by atoms with Crippen LogP contribution in [-0.2, 0) is 14.4 Å². The van der Waals surface area contributed by atoms with Crippen molar-refractivity contribution >= 4 is 40.1 Å².